The van der Waals surface area contributed by atoms with Gasteiger partial charge in [0, 0.05) is 10.2 Å². The van der Waals surface area contributed by atoms with Crippen molar-refractivity contribution >= 4 is 56.5 Å². The van der Waals surface area contributed by atoms with Crippen LogP contribution < -0.4 is 5.32 Å². The minimum absolute atomic E-state index is 0.314. The van der Waals surface area contributed by atoms with Gasteiger partial charge in [-0.2, -0.15) is 0 Å². The molecular formula is C19H15BrN2O3S. The number of amides is 3. The molecule has 0 aliphatic carbocycles. The summed E-state index contributed by atoms with van der Waals surface area (Å²) >= 11 is 4.17. The summed E-state index contributed by atoms with van der Waals surface area (Å²) in [7, 11) is 0. The molecule has 2 aromatic carbocycles. The maximum atomic E-state index is 12.5. The number of imide groups is 1. The van der Waals surface area contributed by atoms with E-state index in [2.05, 4.69) is 21.2 Å². The second-order valence-corrected chi connectivity index (χ2v) is 7.59. The lowest BCUT2D eigenvalue weighted by Gasteiger charge is -2.12. The molecule has 1 heterocycles. The van der Waals surface area contributed by atoms with Crippen LogP contribution in [0.5, 0.6) is 0 Å². The maximum Gasteiger partial charge on any atom is 0.294 e. The molecule has 0 atom stereocenters. The predicted molar refractivity (Wildman–Crippen MR) is 107 cm³/mol. The zero-order valence-electron chi connectivity index (χ0n) is 13.9. The summed E-state index contributed by atoms with van der Waals surface area (Å²) in [4.78, 5) is 38.1. The molecule has 1 aliphatic rings. The van der Waals surface area contributed by atoms with Gasteiger partial charge in [0.2, 0.25) is 5.91 Å². The SMILES string of the molecule is Cc1ccccc1/C=C1/SC(=O)N(CC(=O)Nc2ccc(Br)cc2)C1=O. The Bertz CT molecular complexity index is 909. The van der Waals surface area contributed by atoms with Crippen LogP contribution in [0.15, 0.2) is 57.9 Å². The van der Waals surface area contributed by atoms with Crippen LogP contribution >= 0.6 is 27.7 Å². The molecule has 1 aliphatic heterocycles. The number of benzene rings is 2. The quantitative estimate of drug-likeness (QED) is 0.728. The Labute approximate surface area is 163 Å². The highest BCUT2D eigenvalue weighted by Gasteiger charge is 2.36. The molecule has 132 valence electrons. The zero-order chi connectivity index (χ0) is 18.7. The lowest BCUT2D eigenvalue weighted by Crippen LogP contribution is -2.36. The van der Waals surface area contributed by atoms with Gasteiger partial charge in [-0.05, 0) is 60.2 Å². The summed E-state index contributed by atoms with van der Waals surface area (Å²) in [6, 6.07) is 14.6. The molecule has 7 heteroatoms. The highest BCUT2D eigenvalue weighted by Crippen LogP contribution is 2.32. The number of halogens is 1. The first-order valence-electron chi connectivity index (χ1n) is 7.80. The number of aryl methyl sites for hydroxylation is 1. The van der Waals surface area contributed by atoms with E-state index in [-0.39, 0.29) is 6.54 Å². The van der Waals surface area contributed by atoms with Crippen LogP contribution in [0.1, 0.15) is 11.1 Å². The normalized spacial score (nSPS) is 15.6. The predicted octanol–water partition coefficient (Wildman–Crippen LogP) is 4.43. The van der Waals surface area contributed by atoms with Crippen molar-refractivity contribution in [2.75, 3.05) is 11.9 Å². The van der Waals surface area contributed by atoms with Crippen LogP contribution in [0.4, 0.5) is 10.5 Å². The van der Waals surface area contributed by atoms with Crippen LogP contribution in [-0.2, 0) is 9.59 Å². The van der Waals surface area contributed by atoms with Crippen molar-refractivity contribution in [3.8, 4) is 0 Å². The average Bonchev–Trinajstić information content (AvgIpc) is 2.86. The Balaban J connectivity index is 1.70. The minimum atomic E-state index is -0.450. The summed E-state index contributed by atoms with van der Waals surface area (Å²) in [5.74, 6) is -0.874. The molecule has 3 rings (SSSR count). The number of nitrogens with one attached hydrogen (secondary N) is 1. The molecule has 0 unspecified atom stereocenters. The van der Waals surface area contributed by atoms with Crippen molar-refractivity contribution < 1.29 is 14.4 Å². The van der Waals surface area contributed by atoms with Crippen molar-refractivity contribution in [3.63, 3.8) is 0 Å². The van der Waals surface area contributed by atoms with E-state index >= 15 is 0 Å². The lowest BCUT2D eigenvalue weighted by atomic mass is 10.1. The van der Waals surface area contributed by atoms with Gasteiger partial charge in [-0.25, -0.2) is 0 Å². The number of thioether (sulfide) groups is 1. The van der Waals surface area contributed by atoms with E-state index in [1.54, 1.807) is 30.3 Å². The van der Waals surface area contributed by atoms with Crippen LogP contribution in [0, 0.1) is 6.92 Å². The molecular weight excluding hydrogens is 416 g/mol. The van der Waals surface area contributed by atoms with E-state index in [9.17, 15) is 14.4 Å². The van der Waals surface area contributed by atoms with Crippen LogP contribution in [0.3, 0.4) is 0 Å². The molecule has 1 saturated heterocycles. The monoisotopic (exact) mass is 430 g/mol. The van der Waals surface area contributed by atoms with E-state index in [0.29, 0.717) is 10.6 Å². The highest BCUT2D eigenvalue weighted by molar-refractivity contribution is 9.10. The molecule has 1 fully saturated rings. The maximum absolute atomic E-state index is 12.5. The van der Waals surface area contributed by atoms with Gasteiger partial charge in [-0.3, -0.25) is 19.3 Å². The van der Waals surface area contributed by atoms with Crippen molar-refractivity contribution in [1.82, 2.24) is 4.90 Å². The third-order valence-electron chi connectivity index (χ3n) is 3.78. The zero-order valence-corrected chi connectivity index (χ0v) is 16.3. The van der Waals surface area contributed by atoms with Crippen molar-refractivity contribution in [3.05, 3.63) is 69.0 Å². The van der Waals surface area contributed by atoms with Crippen molar-refractivity contribution in [2.24, 2.45) is 0 Å². The number of carbonyl (C=O) groups is 3. The van der Waals surface area contributed by atoms with Gasteiger partial charge in [0.1, 0.15) is 6.54 Å². The van der Waals surface area contributed by atoms with Crippen molar-refractivity contribution in [1.29, 1.82) is 0 Å². The Morgan fingerprint density at radius 1 is 1.15 bits per heavy atom. The number of carbonyl (C=O) groups excluding carboxylic acids is 3. The molecule has 0 radical (unpaired) electrons. The number of hydrogen-bond donors (Lipinski definition) is 1. The van der Waals surface area contributed by atoms with E-state index in [1.807, 2.05) is 31.2 Å². The second kappa shape index (κ2) is 7.88. The Kier molecular flexibility index (Phi) is 5.58. The Morgan fingerprint density at radius 3 is 2.54 bits per heavy atom. The highest BCUT2D eigenvalue weighted by atomic mass is 79.9. The molecule has 3 amide bonds. The topological polar surface area (TPSA) is 66.5 Å². The van der Waals surface area contributed by atoms with E-state index < -0.39 is 17.1 Å². The number of anilines is 1. The second-order valence-electron chi connectivity index (χ2n) is 5.68. The summed E-state index contributed by atoms with van der Waals surface area (Å²) < 4.78 is 0.891. The molecule has 0 bridgehead atoms. The van der Waals surface area contributed by atoms with Gasteiger partial charge in [0.05, 0.1) is 4.91 Å². The van der Waals surface area contributed by atoms with Crippen molar-refractivity contribution in [2.45, 2.75) is 6.92 Å². The number of nitrogens with zero attached hydrogens (tertiary/aromatic N) is 1. The van der Waals surface area contributed by atoms with Crippen LogP contribution in [-0.4, -0.2) is 28.5 Å². The molecule has 2 aromatic rings. The van der Waals surface area contributed by atoms with E-state index in [1.165, 1.54) is 0 Å². The molecule has 0 spiro atoms. The lowest BCUT2D eigenvalue weighted by molar-refractivity contribution is -0.127. The average molecular weight is 431 g/mol. The number of rotatable bonds is 4. The Hall–Kier alpha value is -2.38. The summed E-state index contributed by atoms with van der Waals surface area (Å²) in [5, 5.41) is 2.23. The number of hydrogen-bond acceptors (Lipinski definition) is 4. The van der Waals surface area contributed by atoms with Gasteiger partial charge >= 0.3 is 0 Å². The van der Waals surface area contributed by atoms with Crippen LogP contribution in [0.2, 0.25) is 0 Å². The first-order chi connectivity index (χ1) is 12.4. The fraction of sp³-hybridized carbons (Fsp3) is 0.105. The molecule has 1 N–H and O–H groups in total. The van der Waals surface area contributed by atoms with Gasteiger partial charge in [0.15, 0.2) is 0 Å². The Morgan fingerprint density at radius 2 is 1.85 bits per heavy atom. The first kappa shape index (κ1) is 18.4. The summed E-state index contributed by atoms with van der Waals surface area (Å²) in [5.41, 5.74) is 2.48. The molecule has 5 nitrogen and oxygen atoms in total. The third-order valence-corrected chi connectivity index (χ3v) is 5.21. The first-order valence-corrected chi connectivity index (χ1v) is 9.41. The van der Waals surface area contributed by atoms with E-state index in [0.717, 1.165) is 32.3 Å². The van der Waals surface area contributed by atoms with E-state index in [4.69, 9.17) is 0 Å². The summed E-state index contributed by atoms with van der Waals surface area (Å²) in [6.45, 7) is 1.62. The summed E-state index contributed by atoms with van der Waals surface area (Å²) in [6.07, 6.45) is 1.69. The standard InChI is InChI=1S/C19H15BrN2O3S/c1-12-4-2-3-5-13(12)10-16-18(24)22(19(25)26-16)11-17(23)21-15-8-6-14(20)7-9-15/h2-10H,11H2,1H3,(H,21,23)/b16-10+. The minimum Gasteiger partial charge on any atom is -0.325 e. The third kappa shape index (κ3) is 4.23. The fourth-order valence-corrected chi connectivity index (χ4v) is 3.50. The molecule has 26 heavy (non-hydrogen) atoms. The largest absolute Gasteiger partial charge is 0.325 e. The molecule has 0 saturated carbocycles. The van der Waals surface area contributed by atoms with Crippen LogP contribution in [0.25, 0.3) is 6.08 Å². The van der Waals surface area contributed by atoms with Gasteiger partial charge in [0.25, 0.3) is 11.1 Å². The fourth-order valence-electron chi connectivity index (χ4n) is 2.40. The van der Waals surface area contributed by atoms with Gasteiger partial charge < -0.3 is 5.32 Å². The van der Waals surface area contributed by atoms with Gasteiger partial charge in [-0.1, -0.05) is 40.2 Å². The smallest absolute Gasteiger partial charge is 0.294 e. The molecule has 0 aromatic heterocycles. The van der Waals surface area contributed by atoms with Gasteiger partial charge in [-0.15, -0.1) is 0 Å².